The van der Waals surface area contributed by atoms with E-state index in [1.165, 1.54) is 0 Å². The Bertz CT molecular complexity index is 832. The van der Waals surface area contributed by atoms with Crippen molar-refractivity contribution in [3.63, 3.8) is 0 Å². The zero-order chi connectivity index (χ0) is 18.9. The summed E-state index contributed by atoms with van der Waals surface area (Å²) >= 11 is 0. The van der Waals surface area contributed by atoms with Gasteiger partial charge in [-0.1, -0.05) is 13.0 Å². The van der Waals surface area contributed by atoms with Gasteiger partial charge in [-0.15, -0.1) is 0 Å². The summed E-state index contributed by atoms with van der Waals surface area (Å²) in [5.74, 6) is 1.49. The average molecular weight is 351 g/mol. The number of nitriles is 1. The van der Waals surface area contributed by atoms with Crippen molar-refractivity contribution in [1.29, 1.82) is 5.26 Å². The van der Waals surface area contributed by atoms with E-state index in [9.17, 15) is 10.1 Å². The molecule has 0 heterocycles. The Kier molecular flexibility index (Phi) is 6.81. The molecule has 2 rings (SSSR count). The van der Waals surface area contributed by atoms with Gasteiger partial charge in [0.25, 0.3) is 0 Å². The van der Waals surface area contributed by atoms with E-state index in [2.05, 4.69) is 0 Å². The fourth-order valence-electron chi connectivity index (χ4n) is 2.32. The molecule has 0 aromatic heterocycles. The molecule has 0 radical (unpaired) electrons. The Hall–Kier alpha value is -3.26. The van der Waals surface area contributed by atoms with Crippen LogP contribution in [0.15, 0.2) is 48.0 Å². The molecule has 0 bridgehead atoms. The van der Waals surface area contributed by atoms with Crippen LogP contribution in [0.2, 0.25) is 0 Å². The fraction of sp³-hybridized carbons (Fsp3) is 0.238. The second kappa shape index (κ2) is 9.28. The quantitative estimate of drug-likeness (QED) is 0.403. The summed E-state index contributed by atoms with van der Waals surface area (Å²) in [5, 5.41) is 9.41. The van der Waals surface area contributed by atoms with Crippen molar-refractivity contribution in [2.24, 2.45) is 0 Å². The van der Waals surface area contributed by atoms with E-state index in [0.717, 1.165) is 6.42 Å². The minimum atomic E-state index is -0.345. The molecule has 0 saturated heterocycles. The van der Waals surface area contributed by atoms with Crippen LogP contribution in [-0.2, 0) is 0 Å². The molecule has 2 aromatic carbocycles. The molecule has 0 spiro atoms. The number of benzene rings is 2. The highest BCUT2D eigenvalue weighted by Gasteiger charge is 2.13. The number of allylic oxidation sites excluding steroid dienone is 1. The van der Waals surface area contributed by atoms with Crippen LogP contribution >= 0.6 is 0 Å². The van der Waals surface area contributed by atoms with Gasteiger partial charge >= 0.3 is 0 Å². The maximum absolute atomic E-state index is 12.6. The Labute approximate surface area is 153 Å². The van der Waals surface area contributed by atoms with Crippen LogP contribution in [0.1, 0.15) is 29.3 Å². The Morgan fingerprint density at radius 3 is 2.38 bits per heavy atom. The van der Waals surface area contributed by atoms with Crippen LogP contribution in [0.4, 0.5) is 0 Å². The van der Waals surface area contributed by atoms with Crippen molar-refractivity contribution in [3.05, 3.63) is 59.2 Å². The van der Waals surface area contributed by atoms with Crippen molar-refractivity contribution >= 4 is 11.9 Å². The summed E-state index contributed by atoms with van der Waals surface area (Å²) in [6.07, 6.45) is 2.41. The summed E-state index contributed by atoms with van der Waals surface area (Å²) in [5.41, 5.74) is 1.16. The second-order valence-electron chi connectivity index (χ2n) is 5.49. The van der Waals surface area contributed by atoms with Gasteiger partial charge in [0, 0.05) is 5.56 Å². The van der Waals surface area contributed by atoms with Gasteiger partial charge in [0.15, 0.2) is 11.5 Å². The van der Waals surface area contributed by atoms with Gasteiger partial charge in [-0.3, -0.25) is 4.79 Å². The molecule has 0 saturated carbocycles. The number of Topliss-reactive ketones (excluding diaryl/α,β-unsaturated/α-hetero) is 1. The van der Waals surface area contributed by atoms with Gasteiger partial charge in [-0.2, -0.15) is 5.26 Å². The molecule has 0 aliphatic heterocycles. The lowest BCUT2D eigenvalue weighted by atomic mass is 10.0. The molecule has 5 heteroatoms. The van der Waals surface area contributed by atoms with Crippen LogP contribution in [0.5, 0.6) is 17.2 Å². The van der Waals surface area contributed by atoms with E-state index in [1.54, 1.807) is 62.8 Å². The molecule has 5 nitrogen and oxygen atoms in total. The summed E-state index contributed by atoms with van der Waals surface area (Å²) in [6, 6.07) is 13.9. The van der Waals surface area contributed by atoms with E-state index in [-0.39, 0.29) is 11.4 Å². The number of hydrogen-bond donors (Lipinski definition) is 0. The largest absolute Gasteiger partial charge is 0.497 e. The smallest absolute Gasteiger partial charge is 0.203 e. The van der Waals surface area contributed by atoms with Crippen molar-refractivity contribution in [3.8, 4) is 23.3 Å². The number of rotatable bonds is 8. The minimum absolute atomic E-state index is 0.0433. The maximum Gasteiger partial charge on any atom is 0.203 e. The maximum atomic E-state index is 12.6. The number of hydrogen-bond acceptors (Lipinski definition) is 5. The SMILES string of the molecule is CCCOc1cc(/C=C(/C#N)C(=O)c2ccc(OC)cc2)ccc1OC. The summed E-state index contributed by atoms with van der Waals surface area (Å²) in [4.78, 5) is 12.6. The number of ether oxygens (including phenoxy) is 3. The number of nitrogens with zero attached hydrogens (tertiary/aromatic N) is 1. The third kappa shape index (κ3) is 4.64. The number of methoxy groups -OCH3 is 2. The van der Waals surface area contributed by atoms with E-state index >= 15 is 0 Å². The van der Waals surface area contributed by atoms with Gasteiger partial charge in [-0.05, 0) is 54.5 Å². The van der Waals surface area contributed by atoms with Gasteiger partial charge in [-0.25, -0.2) is 0 Å². The second-order valence-corrected chi connectivity index (χ2v) is 5.49. The van der Waals surface area contributed by atoms with E-state index in [1.807, 2.05) is 13.0 Å². The lowest BCUT2D eigenvalue weighted by Gasteiger charge is -2.10. The zero-order valence-electron chi connectivity index (χ0n) is 15.1. The van der Waals surface area contributed by atoms with Crippen LogP contribution in [0.3, 0.4) is 0 Å². The standard InChI is InChI=1S/C21H21NO4/c1-4-11-26-20-13-15(5-10-19(20)25-3)12-17(14-22)21(23)16-6-8-18(24-2)9-7-16/h5-10,12-13H,4,11H2,1-3H3/b17-12-. The highest BCUT2D eigenvalue weighted by Crippen LogP contribution is 2.29. The normalized spacial score (nSPS) is 10.8. The molecule has 0 amide bonds. The Balaban J connectivity index is 2.32. The molecule has 0 fully saturated rings. The molecular weight excluding hydrogens is 330 g/mol. The number of ketones is 1. The molecule has 26 heavy (non-hydrogen) atoms. The summed E-state index contributed by atoms with van der Waals surface area (Å²) < 4.78 is 16.0. The molecule has 0 aliphatic rings. The summed E-state index contributed by atoms with van der Waals surface area (Å²) in [7, 11) is 3.12. The van der Waals surface area contributed by atoms with Crippen LogP contribution in [-0.4, -0.2) is 26.6 Å². The third-order valence-corrected chi connectivity index (χ3v) is 3.68. The molecule has 2 aromatic rings. The number of carbonyl (C=O) groups is 1. The third-order valence-electron chi connectivity index (χ3n) is 3.68. The van der Waals surface area contributed by atoms with Crippen molar-refractivity contribution < 1.29 is 19.0 Å². The molecule has 0 aliphatic carbocycles. The van der Waals surface area contributed by atoms with Crippen molar-refractivity contribution in [1.82, 2.24) is 0 Å². The van der Waals surface area contributed by atoms with Crippen LogP contribution in [0, 0.1) is 11.3 Å². The molecule has 0 atom stereocenters. The van der Waals surface area contributed by atoms with Gasteiger partial charge in [0.05, 0.1) is 20.8 Å². The first-order chi connectivity index (χ1) is 12.6. The lowest BCUT2D eigenvalue weighted by molar-refractivity contribution is 0.104. The van der Waals surface area contributed by atoms with Gasteiger partial charge in [0.2, 0.25) is 5.78 Å². The van der Waals surface area contributed by atoms with Crippen LogP contribution < -0.4 is 14.2 Å². The molecule has 0 N–H and O–H groups in total. The predicted octanol–water partition coefficient (Wildman–Crippen LogP) is 4.28. The zero-order valence-corrected chi connectivity index (χ0v) is 15.1. The predicted molar refractivity (Wildman–Crippen MR) is 99.7 cm³/mol. The molecule has 134 valence electrons. The first-order valence-corrected chi connectivity index (χ1v) is 8.24. The van der Waals surface area contributed by atoms with E-state index in [0.29, 0.717) is 35.0 Å². The Morgan fingerprint density at radius 2 is 1.81 bits per heavy atom. The minimum Gasteiger partial charge on any atom is -0.497 e. The molecular formula is C21H21NO4. The van der Waals surface area contributed by atoms with E-state index in [4.69, 9.17) is 14.2 Å². The highest BCUT2D eigenvalue weighted by molar-refractivity contribution is 6.14. The highest BCUT2D eigenvalue weighted by atomic mass is 16.5. The van der Waals surface area contributed by atoms with Gasteiger partial charge < -0.3 is 14.2 Å². The average Bonchev–Trinajstić information content (AvgIpc) is 2.70. The van der Waals surface area contributed by atoms with Crippen LogP contribution in [0.25, 0.3) is 6.08 Å². The first kappa shape index (κ1) is 19.1. The fourth-order valence-corrected chi connectivity index (χ4v) is 2.32. The van der Waals surface area contributed by atoms with Crippen molar-refractivity contribution in [2.45, 2.75) is 13.3 Å². The Morgan fingerprint density at radius 1 is 1.08 bits per heavy atom. The molecule has 0 unspecified atom stereocenters. The summed E-state index contributed by atoms with van der Waals surface area (Å²) in [6.45, 7) is 2.57. The lowest BCUT2D eigenvalue weighted by Crippen LogP contribution is -2.02. The topological polar surface area (TPSA) is 68.5 Å². The van der Waals surface area contributed by atoms with Gasteiger partial charge in [0.1, 0.15) is 17.4 Å². The monoisotopic (exact) mass is 351 g/mol. The number of carbonyl (C=O) groups excluding carboxylic acids is 1. The van der Waals surface area contributed by atoms with E-state index < -0.39 is 0 Å². The van der Waals surface area contributed by atoms with Crippen molar-refractivity contribution in [2.75, 3.05) is 20.8 Å². The first-order valence-electron chi connectivity index (χ1n) is 8.24.